The molecule has 0 radical (unpaired) electrons. The predicted molar refractivity (Wildman–Crippen MR) is 119 cm³/mol. The molecule has 31 heavy (non-hydrogen) atoms. The molecule has 1 aromatic carbocycles. The summed E-state index contributed by atoms with van der Waals surface area (Å²) in [4.78, 5) is 2.60. The average molecular weight is 434 g/mol. The average Bonchev–Trinajstić information content (AvgIpc) is 3.42. The highest BCUT2D eigenvalue weighted by Gasteiger charge is 2.56. The maximum Gasteiger partial charge on any atom is 0.171 e. The molecule has 0 saturated carbocycles. The number of ether oxygens (including phenoxy) is 5. The molecule has 3 unspecified atom stereocenters. The van der Waals surface area contributed by atoms with Gasteiger partial charge in [-0.15, -0.1) is 0 Å². The lowest BCUT2D eigenvalue weighted by atomic mass is 9.75. The lowest BCUT2D eigenvalue weighted by molar-refractivity contribution is -0.247. The first kappa shape index (κ1) is 23.0. The third-order valence-electron chi connectivity index (χ3n) is 6.74. The number of hydrogen-bond donors (Lipinski definition) is 0. The smallest absolute Gasteiger partial charge is 0.171 e. The van der Waals surface area contributed by atoms with Crippen LogP contribution in [0.1, 0.15) is 66.1 Å². The molecule has 0 amide bonds. The van der Waals surface area contributed by atoms with Crippen molar-refractivity contribution in [1.29, 1.82) is 0 Å². The van der Waals surface area contributed by atoms with Crippen LogP contribution in [0.3, 0.4) is 0 Å². The lowest BCUT2D eigenvalue weighted by Gasteiger charge is -2.59. The Kier molecular flexibility index (Phi) is 6.41. The monoisotopic (exact) mass is 433 g/mol. The van der Waals surface area contributed by atoms with Crippen LogP contribution in [0.2, 0.25) is 0 Å². The minimum Gasteiger partial charge on any atom is -0.491 e. The molecule has 3 atom stereocenters. The number of likely N-dealkylation sites (tertiary alicyclic amines) is 1. The first-order chi connectivity index (χ1) is 14.6. The Hall–Kier alpha value is -1.18. The van der Waals surface area contributed by atoms with Crippen LogP contribution >= 0.6 is 0 Å². The second-order valence-corrected chi connectivity index (χ2v) is 10.6. The quantitative estimate of drug-likeness (QED) is 0.569. The van der Waals surface area contributed by atoms with E-state index >= 15 is 0 Å². The summed E-state index contributed by atoms with van der Waals surface area (Å²) in [5, 5.41) is 0. The van der Waals surface area contributed by atoms with Crippen LogP contribution in [0.4, 0.5) is 0 Å². The van der Waals surface area contributed by atoms with Crippen molar-refractivity contribution in [3.63, 3.8) is 0 Å². The van der Waals surface area contributed by atoms with Crippen molar-refractivity contribution >= 4 is 0 Å². The van der Waals surface area contributed by atoms with Crippen LogP contribution in [-0.4, -0.2) is 66.9 Å². The van der Waals surface area contributed by atoms with Crippen LogP contribution in [0.5, 0.6) is 5.75 Å². The van der Waals surface area contributed by atoms with E-state index in [1.165, 1.54) is 0 Å². The van der Waals surface area contributed by atoms with E-state index in [1.54, 1.807) is 0 Å². The van der Waals surface area contributed by atoms with Gasteiger partial charge in [-0.2, -0.15) is 0 Å². The molecule has 0 bridgehead atoms. The molecular weight excluding hydrogens is 394 g/mol. The second kappa shape index (κ2) is 8.64. The molecule has 3 saturated heterocycles. The molecule has 3 heterocycles. The van der Waals surface area contributed by atoms with Gasteiger partial charge in [0.1, 0.15) is 18.5 Å². The van der Waals surface area contributed by atoms with Crippen LogP contribution in [0.25, 0.3) is 0 Å². The van der Waals surface area contributed by atoms with E-state index in [4.69, 9.17) is 23.7 Å². The molecule has 0 N–H and O–H groups in total. The van der Waals surface area contributed by atoms with Gasteiger partial charge in [0, 0.05) is 30.0 Å². The van der Waals surface area contributed by atoms with E-state index in [9.17, 15) is 0 Å². The highest BCUT2D eigenvalue weighted by molar-refractivity contribution is 5.28. The Morgan fingerprint density at radius 2 is 1.58 bits per heavy atom. The van der Waals surface area contributed by atoms with Crippen LogP contribution in [-0.2, 0) is 18.9 Å². The first-order valence-corrected chi connectivity index (χ1v) is 11.6. The van der Waals surface area contributed by atoms with E-state index in [0.29, 0.717) is 26.4 Å². The van der Waals surface area contributed by atoms with Crippen molar-refractivity contribution in [3.8, 4) is 5.75 Å². The minimum absolute atomic E-state index is 0.0205. The standard InChI is InChI=1S/C25H39NO5/c1-18(26-23(3,4)16-25(17-24(26,5)6)30-11-12-31-25)13-27-19(2)20-7-9-21(10-8-20)28-14-22-15-29-22/h7-10,18-19,22H,11-17H2,1-6H3. The van der Waals surface area contributed by atoms with Crippen molar-refractivity contribution < 1.29 is 23.7 Å². The Balaban J connectivity index is 1.34. The van der Waals surface area contributed by atoms with E-state index in [-0.39, 0.29) is 29.3 Å². The summed E-state index contributed by atoms with van der Waals surface area (Å²) >= 11 is 0. The molecule has 1 spiro atoms. The molecule has 3 aliphatic heterocycles. The van der Waals surface area contributed by atoms with E-state index < -0.39 is 5.79 Å². The van der Waals surface area contributed by atoms with E-state index in [2.05, 4.69) is 58.6 Å². The maximum absolute atomic E-state index is 6.33. The first-order valence-electron chi connectivity index (χ1n) is 11.6. The van der Waals surface area contributed by atoms with Gasteiger partial charge < -0.3 is 23.7 Å². The third kappa shape index (κ3) is 5.25. The highest BCUT2D eigenvalue weighted by Crippen LogP contribution is 2.48. The highest BCUT2D eigenvalue weighted by atomic mass is 16.7. The zero-order chi connectivity index (χ0) is 22.3. The van der Waals surface area contributed by atoms with Crippen molar-refractivity contribution in [2.75, 3.05) is 33.0 Å². The van der Waals surface area contributed by atoms with Crippen molar-refractivity contribution in [1.82, 2.24) is 4.90 Å². The SMILES string of the molecule is CC(OCC(C)N1C(C)(C)CC2(CC1(C)C)OCCO2)c1ccc(OCC2CO2)cc1. The summed E-state index contributed by atoms with van der Waals surface area (Å²) in [6, 6.07) is 8.47. The van der Waals surface area contributed by atoms with Gasteiger partial charge in [-0.05, 0) is 59.2 Å². The van der Waals surface area contributed by atoms with Gasteiger partial charge >= 0.3 is 0 Å². The van der Waals surface area contributed by atoms with Crippen molar-refractivity contribution in [3.05, 3.63) is 29.8 Å². The number of nitrogens with zero attached hydrogens (tertiary/aromatic N) is 1. The summed E-state index contributed by atoms with van der Waals surface area (Å²) < 4.78 is 29.4. The molecule has 0 aromatic heterocycles. The second-order valence-electron chi connectivity index (χ2n) is 10.6. The Morgan fingerprint density at radius 1 is 1.00 bits per heavy atom. The van der Waals surface area contributed by atoms with Gasteiger partial charge in [0.25, 0.3) is 0 Å². The fraction of sp³-hybridized carbons (Fsp3) is 0.760. The molecular formula is C25H39NO5. The normalized spacial score (nSPS) is 28.4. The van der Waals surface area contributed by atoms with Crippen LogP contribution in [0.15, 0.2) is 24.3 Å². The van der Waals surface area contributed by atoms with Crippen molar-refractivity contribution in [2.45, 2.75) is 89.5 Å². The largest absolute Gasteiger partial charge is 0.491 e. The maximum atomic E-state index is 6.33. The Bertz CT molecular complexity index is 717. The van der Waals surface area contributed by atoms with Gasteiger partial charge in [0.05, 0.1) is 32.5 Å². The molecule has 3 fully saturated rings. The summed E-state index contributed by atoms with van der Waals surface area (Å²) in [5.74, 6) is 0.439. The van der Waals surface area contributed by atoms with Gasteiger partial charge in [-0.25, -0.2) is 0 Å². The molecule has 0 aliphatic carbocycles. The molecule has 6 nitrogen and oxygen atoms in total. The van der Waals surface area contributed by atoms with Gasteiger partial charge in [-0.3, -0.25) is 4.90 Å². The number of benzene rings is 1. The zero-order valence-corrected chi connectivity index (χ0v) is 20.0. The van der Waals surface area contributed by atoms with Crippen molar-refractivity contribution in [2.24, 2.45) is 0 Å². The fourth-order valence-corrected chi connectivity index (χ4v) is 5.91. The number of rotatable bonds is 8. The molecule has 174 valence electrons. The van der Waals surface area contributed by atoms with E-state index in [1.807, 2.05) is 12.1 Å². The Morgan fingerprint density at radius 3 is 2.13 bits per heavy atom. The number of piperidine rings is 1. The van der Waals surface area contributed by atoms with E-state index in [0.717, 1.165) is 30.8 Å². The summed E-state index contributed by atoms with van der Waals surface area (Å²) in [6.07, 6.45) is 2.04. The third-order valence-corrected chi connectivity index (χ3v) is 6.74. The molecule has 6 heteroatoms. The summed E-state index contributed by atoms with van der Waals surface area (Å²) in [5.41, 5.74) is 1.05. The minimum atomic E-state index is -0.438. The topological polar surface area (TPSA) is 52.7 Å². The lowest BCUT2D eigenvalue weighted by Crippen LogP contribution is -2.68. The number of hydrogen-bond acceptors (Lipinski definition) is 6. The molecule has 4 rings (SSSR count). The molecule has 3 aliphatic rings. The summed E-state index contributed by atoms with van der Waals surface area (Å²) in [7, 11) is 0. The van der Waals surface area contributed by atoms with Crippen LogP contribution in [0, 0.1) is 0 Å². The molecule has 1 aromatic rings. The fourth-order valence-electron chi connectivity index (χ4n) is 5.91. The predicted octanol–water partition coefficient (Wildman–Crippen LogP) is 4.33. The van der Waals surface area contributed by atoms with Gasteiger partial charge in [0.2, 0.25) is 0 Å². The van der Waals surface area contributed by atoms with Gasteiger partial charge in [0.15, 0.2) is 5.79 Å². The Labute approximate surface area is 187 Å². The number of epoxide rings is 1. The zero-order valence-electron chi connectivity index (χ0n) is 20.0. The summed E-state index contributed by atoms with van der Waals surface area (Å²) in [6.45, 7) is 17.1. The van der Waals surface area contributed by atoms with Crippen LogP contribution < -0.4 is 4.74 Å². The van der Waals surface area contributed by atoms with Gasteiger partial charge in [-0.1, -0.05) is 12.1 Å².